The third kappa shape index (κ3) is 3.41. The van der Waals surface area contributed by atoms with E-state index in [1.54, 1.807) is 6.07 Å². The first kappa shape index (κ1) is 19.6. The number of hydrogen-bond acceptors (Lipinski definition) is 4. The molecule has 0 bridgehead atoms. The summed E-state index contributed by atoms with van der Waals surface area (Å²) in [5.41, 5.74) is 4.33. The van der Waals surface area contributed by atoms with Gasteiger partial charge < -0.3 is 9.47 Å². The van der Waals surface area contributed by atoms with Crippen LogP contribution in [0.5, 0.6) is 0 Å². The first-order valence-electron chi connectivity index (χ1n) is 9.83. The van der Waals surface area contributed by atoms with Gasteiger partial charge in [0.25, 0.3) is 0 Å². The van der Waals surface area contributed by atoms with Crippen LogP contribution < -0.4 is 0 Å². The Morgan fingerprint density at radius 1 is 0.867 bits per heavy atom. The molecule has 0 spiro atoms. The zero-order chi connectivity index (χ0) is 21.1. The van der Waals surface area contributed by atoms with Crippen molar-refractivity contribution in [3.8, 4) is 0 Å². The van der Waals surface area contributed by atoms with Gasteiger partial charge in [0.1, 0.15) is 0 Å². The summed E-state index contributed by atoms with van der Waals surface area (Å²) in [6.45, 7) is 0. The largest absolute Gasteiger partial charge is 0.465 e. The summed E-state index contributed by atoms with van der Waals surface area (Å²) in [4.78, 5) is 25.6. The van der Waals surface area contributed by atoms with Crippen LogP contribution in [0.3, 0.4) is 0 Å². The summed E-state index contributed by atoms with van der Waals surface area (Å²) in [6, 6.07) is 19.5. The minimum absolute atomic E-state index is 0.215. The highest BCUT2D eigenvalue weighted by Gasteiger charge is 2.28. The van der Waals surface area contributed by atoms with Crippen molar-refractivity contribution >= 4 is 33.9 Å². The maximum absolute atomic E-state index is 12.9. The van der Waals surface area contributed by atoms with Crippen molar-refractivity contribution in [2.24, 2.45) is 0 Å². The van der Waals surface area contributed by atoms with Crippen LogP contribution in [0.1, 0.15) is 44.7 Å². The predicted molar refractivity (Wildman–Crippen MR) is 118 cm³/mol. The molecule has 0 aliphatic heterocycles. The molecule has 0 aromatic heterocycles. The van der Waals surface area contributed by atoms with E-state index < -0.39 is 11.9 Å². The molecule has 150 valence electrons. The number of allylic oxidation sites excluding steroid dienone is 4. The second-order valence-electron chi connectivity index (χ2n) is 7.08. The number of carbonyl (C=O) groups is 2. The fraction of sp³-hybridized carbons (Fsp3) is 0.154. The maximum Gasteiger partial charge on any atom is 0.339 e. The highest BCUT2D eigenvalue weighted by atomic mass is 16.5. The highest BCUT2D eigenvalue weighted by molar-refractivity contribution is 6.16. The number of rotatable bonds is 4. The van der Waals surface area contributed by atoms with E-state index in [-0.39, 0.29) is 11.1 Å². The number of hydrogen-bond donors (Lipinski definition) is 0. The van der Waals surface area contributed by atoms with Crippen molar-refractivity contribution in [1.82, 2.24) is 0 Å². The third-order valence-electron chi connectivity index (χ3n) is 5.40. The molecule has 4 heteroatoms. The van der Waals surface area contributed by atoms with Crippen LogP contribution in [0.25, 0.3) is 21.9 Å². The molecule has 4 rings (SSSR count). The first-order chi connectivity index (χ1) is 14.7. The van der Waals surface area contributed by atoms with Crippen molar-refractivity contribution in [2.75, 3.05) is 14.2 Å². The van der Waals surface area contributed by atoms with Crippen LogP contribution in [0, 0.1) is 0 Å². The fourth-order valence-corrected chi connectivity index (χ4v) is 4.06. The summed E-state index contributed by atoms with van der Waals surface area (Å²) in [7, 11) is 2.64. The summed E-state index contributed by atoms with van der Waals surface area (Å²) >= 11 is 0. The molecule has 0 unspecified atom stereocenters. The minimum Gasteiger partial charge on any atom is -0.465 e. The van der Waals surface area contributed by atoms with Crippen LogP contribution in [0.15, 0.2) is 72.8 Å². The van der Waals surface area contributed by atoms with E-state index in [1.165, 1.54) is 14.2 Å². The lowest BCUT2D eigenvalue weighted by Crippen LogP contribution is -2.16. The van der Waals surface area contributed by atoms with Crippen molar-refractivity contribution in [1.29, 1.82) is 0 Å². The van der Waals surface area contributed by atoms with E-state index >= 15 is 0 Å². The van der Waals surface area contributed by atoms with Crippen molar-refractivity contribution in [3.05, 3.63) is 95.1 Å². The molecule has 0 heterocycles. The summed E-state index contributed by atoms with van der Waals surface area (Å²) < 4.78 is 10.1. The third-order valence-corrected chi connectivity index (χ3v) is 5.40. The molecular formula is C26H22O4. The van der Waals surface area contributed by atoms with Crippen LogP contribution in [-0.2, 0) is 9.47 Å². The predicted octanol–water partition coefficient (Wildman–Crippen LogP) is 5.67. The normalized spacial score (nSPS) is 13.4. The molecule has 0 amide bonds. The lowest BCUT2D eigenvalue weighted by Gasteiger charge is -2.22. The Morgan fingerprint density at radius 3 is 2.30 bits per heavy atom. The van der Waals surface area contributed by atoms with Gasteiger partial charge in [-0.25, -0.2) is 9.59 Å². The monoisotopic (exact) mass is 398 g/mol. The van der Waals surface area contributed by atoms with E-state index in [0.29, 0.717) is 0 Å². The van der Waals surface area contributed by atoms with Gasteiger partial charge in [0.15, 0.2) is 0 Å². The number of benzene rings is 3. The van der Waals surface area contributed by atoms with Crippen molar-refractivity contribution in [2.45, 2.75) is 12.8 Å². The van der Waals surface area contributed by atoms with Crippen LogP contribution in [0.4, 0.5) is 0 Å². The number of fused-ring (bicyclic) bond motifs is 1. The van der Waals surface area contributed by atoms with E-state index in [0.717, 1.165) is 45.9 Å². The van der Waals surface area contributed by atoms with E-state index in [1.807, 2.05) is 42.5 Å². The minimum atomic E-state index is -0.560. The maximum atomic E-state index is 12.9. The second-order valence-corrected chi connectivity index (χ2v) is 7.08. The molecule has 3 aromatic carbocycles. The van der Waals surface area contributed by atoms with Crippen LogP contribution in [0.2, 0.25) is 0 Å². The molecule has 0 radical (unpaired) electrons. The Balaban J connectivity index is 2.16. The van der Waals surface area contributed by atoms with Crippen molar-refractivity contribution < 1.29 is 19.1 Å². The van der Waals surface area contributed by atoms with Gasteiger partial charge in [0, 0.05) is 5.56 Å². The molecule has 4 nitrogen and oxygen atoms in total. The number of methoxy groups -OCH3 is 2. The lowest BCUT2D eigenvalue weighted by atomic mass is 9.82. The standard InChI is InChI=1S/C26H22O4/c1-29-25(27)22-16-18-12-6-7-14-20(18)23(24(22)26(28)30-2)21-15-9-8-13-19(21)17-10-4-3-5-11-17/h3-8,10-14,16H,9,15H2,1-2H3. The Kier molecular flexibility index (Phi) is 5.48. The number of esters is 2. The zero-order valence-electron chi connectivity index (χ0n) is 17.0. The summed E-state index contributed by atoms with van der Waals surface area (Å²) in [5.74, 6) is -1.11. The summed E-state index contributed by atoms with van der Waals surface area (Å²) in [6.07, 6.45) is 5.83. The Bertz CT molecular complexity index is 1190. The molecule has 1 aliphatic rings. The fourth-order valence-electron chi connectivity index (χ4n) is 4.06. The highest BCUT2D eigenvalue weighted by Crippen LogP contribution is 2.41. The number of carbonyl (C=O) groups excluding carboxylic acids is 2. The second kappa shape index (κ2) is 8.37. The molecular weight excluding hydrogens is 376 g/mol. The summed E-state index contributed by atoms with van der Waals surface area (Å²) in [5, 5.41) is 1.78. The molecule has 3 aromatic rings. The van der Waals surface area contributed by atoms with Crippen LogP contribution >= 0.6 is 0 Å². The van der Waals surface area contributed by atoms with E-state index in [4.69, 9.17) is 9.47 Å². The molecule has 0 fully saturated rings. The SMILES string of the molecule is COC(=O)c1cc2ccccc2c(C2=C(c3ccccc3)C=CCC2)c1C(=O)OC. The molecule has 0 atom stereocenters. The van der Waals surface area contributed by atoms with Gasteiger partial charge in [-0.1, -0.05) is 66.7 Å². The average Bonchev–Trinajstić information content (AvgIpc) is 2.82. The Morgan fingerprint density at radius 2 is 1.57 bits per heavy atom. The molecule has 0 saturated heterocycles. The quantitative estimate of drug-likeness (QED) is 0.531. The van der Waals surface area contributed by atoms with E-state index in [9.17, 15) is 9.59 Å². The van der Waals surface area contributed by atoms with Gasteiger partial charge in [-0.3, -0.25) is 0 Å². The van der Waals surface area contributed by atoms with Gasteiger partial charge in [0.2, 0.25) is 0 Å². The Labute approximate surface area is 175 Å². The molecule has 30 heavy (non-hydrogen) atoms. The topological polar surface area (TPSA) is 52.6 Å². The zero-order valence-corrected chi connectivity index (χ0v) is 17.0. The van der Waals surface area contributed by atoms with Gasteiger partial charge in [0.05, 0.1) is 25.3 Å². The first-order valence-corrected chi connectivity index (χ1v) is 9.83. The molecule has 0 saturated carbocycles. The smallest absolute Gasteiger partial charge is 0.339 e. The van der Waals surface area contributed by atoms with Crippen LogP contribution in [-0.4, -0.2) is 26.2 Å². The molecule has 0 N–H and O–H groups in total. The molecule has 1 aliphatic carbocycles. The number of ether oxygens (including phenoxy) is 2. The van der Waals surface area contributed by atoms with Gasteiger partial charge in [-0.2, -0.15) is 0 Å². The average molecular weight is 398 g/mol. The van der Waals surface area contributed by atoms with Gasteiger partial charge in [-0.15, -0.1) is 0 Å². The van der Waals surface area contributed by atoms with Gasteiger partial charge >= 0.3 is 11.9 Å². The Hall–Kier alpha value is -3.66. The lowest BCUT2D eigenvalue weighted by molar-refractivity contribution is 0.0555. The van der Waals surface area contributed by atoms with Crippen molar-refractivity contribution in [3.63, 3.8) is 0 Å². The van der Waals surface area contributed by atoms with Gasteiger partial charge in [-0.05, 0) is 46.4 Å². The van der Waals surface area contributed by atoms with E-state index in [2.05, 4.69) is 24.3 Å².